The van der Waals surface area contributed by atoms with Crippen molar-refractivity contribution in [3.63, 3.8) is 0 Å². The van der Waals surface area contributed by atoms with Crippen LogP contribution in [0.1, 0.15) is 0 Å². The lowest BCUT2D eigenvalue weighted by Gasteiger charge is -2.15. The van der Waals surface area contributed by atoms with Crippen LogP contribution in [0.4, 0.5) is 0 Å². The van der Waals surface area contributed by atoms with Gasteiger partial charge in [-0.25, -0.2) is 15.0 Å². The summed E-state index contributed by atoms with van der Waals surface area (Å²) in [5, 5.41) is 6.74. The fourth-order valence-electron chi connectivity index (χ4n) is 8.08. The van der Waals surface area contributed by atoms with E-state index in [9.17, 15) is 0 Å². The molecular weight excluding hydrogens is 635 g/mol. The molecule has 0 N–H and O–H groups in total. The summed E-state index contributed by atoms with van der Waals surface area (Å²) in [4.78, 5) is 16.1. The fourth-order valence-corrected chi connectivity index (χ4v) is 8.08. The average molecular weight is 664 g/mol. The van der Waals surface area contributed by atoms with Crippen LogP contribution in [0.5, 0.6) is 0 Å². The van der Waals surface area contributed by atoms with Gasteiger partial charge in [0.1, 0.15) is 5.82 Å². The predicted molar refractivity (Wildman–Crippen MR) is 214 cm³/mol. The van der Waals surface area contributed by atoms with Gasteiger partial charge in [-0.3, -0.25) is 8.97 Å². The van der Waals surface area contributed by atoms with E-state index >= 15 is 0 Å². The molecule has 0 aliphatic rings. The van der Waals surface area contributed by atoms with E-state index in [1.54, 1.807) is 0 Å². The molecule has 11 rings (SSSR count). The van der Waals surface area contributed by atoms with E-state index in [-0.39, 0.29) is 0 Å². The highest BCUT2D eigenvalue weighted by molar-refractivity contribution is 6.27. The molecule has 5 heteroatoms. The normalized spacial score (nSPS) is 11.8. The van der Waals surface area contributed by atoms with Crippen molar-refractivity contribution >= 4 is 59.9 Å². The number of hydrogen-bond acceptors (Lipinski definition) is 3. The van der Waals surface area contributed by atoms with Crippen molar-refractivity contribution in [2.24, 2.45) is 0 Å². The lowest BCUT2D eigenvalue weighted by atomic mass is 10.00. The third kappa shape index (κ3) is 4.14. The van der Waals surface area contributed by atoms with Crippen molar-refractivity contribution in [3.8, 4) is 39.9 Å². The van der Waals surface area contributed by atoms with Gasteiger partial charge >= 0.3 is 0 Å². The second-order valence-electron chi connectivity index (χ2n) is 13.2. The Hall–Kier alpha value is -7.11. The van der Waals surface area contributed by atoms with Crippen molar-refractivity contribution in [3.05, 3.63) is 176 Å². The molecule has 0 aliphatic carbocycles. The van der Waals surface area contributed by atoms with E-state index in [4.69, 9.17) is 15.0 Å². The Balaban J connectivity index is 1.36. The van der Waals surface area contributed by atoms with Gasteiger partial charge in [0.05, 0.1) is 39.0 Å². The summed E-state index contributed by atoms with van der Waals surface area (Å²) in [7, 11) is 0. The molecule has 4 heterocycles. The van der Waals surface area contributed by atoms with Gasteiger partial charge < -0.3 is 0 Å². The van der Waals surface area contributed by atoms with Gasteiger partial charge in [0, 0.05) is 43.6 Å². The highest BCUT2D eigenvalue weighted by atomic mass is 15.2. The van der Waals surface area contributed by atoms with Crippen LogP contribution in [-0.2, 0) is 0 Å². The molecule has 11 aromatic rings. The first-order valence-electron chi connectivity index (χ1n) is 17.6. The Bertz CT molecular complexity index is 3160. The molecule has 52 heavy (non-hydrogen) atoms. The second-order valence-corrected chi connectivity index (χ2v) is 13.2. The Kier molecular flexibility index (Phi) is 6.18. The number of nitrogens with zero attached hydrogens (tertiary/aromatic N) is 5. The smallest absolute Gasteiger partial charge is 0.235 e. The number of pyridine rings is 1. The zero-order valence-corrected chi connectivity index (χ0v) is 28.0. The van der Waals surface area contributed by atoms with Gasteiger partial charge in [-0.1, -0.05) is 158 Å². The quantitative estimate of drug-likeness (QED) is 0.176. The number of imidazole rings is 1. The molecule has 0 radical (unpaired) electrons. The van der Waals surface area contributed by atoms with E-state index in [0.29, 0.717) is 5.95 Å². The molecule has 0 atom stereocenters. The van der Waals surface area contributed by atoms with Crippen molar-refractivity contribution in [2.75, 3.05) is 0 Å². The van der Waals surface area contributed by atoms with Gasteiger partial charge in [0.15, 0.2) is 0 Å². The van der Waals surface area contributed by atoms with Crippen LogP contribution in [0.2, 0.25) is 0 Å². The fraction of sp³-hybridized carbons (Fsp3) is 0. The molecule has 0 amide bonds. The van der Waals surface area contributed by atoms with Crippen LogP contribution in [0.3, 0.4) is 0 Å². The van der Waals surface area contributed by atoms with E-state index in [0.717, 1.165) is 93.8 Å². The lowest BCUT2D eigenvalue weighted by molar-refractivity contribution is 1.02. The Morgan fingerprint density at radius 1 is 0.346 bits per heavy atom. The number of rotatable bonds is 4. The van der Waals surface area contributed by atoms with Gasteiger partial charge in [0.2, 0.25) is 5.95 Å². The van der Waals surface area contributed by atoms with Gasteiger partial charge in [-0.05, 0) is 23.6 Å². The summed E-state index contributed by atoms with van der Waals surface area (Å²) in [6.45, 7) is 0. The standard InChI is InChI=1S/C47H29N5/c1-4-16-30(17-5-1)42-37-25-12-14-26-38(37)48-47(50-42)52-39-27-15-13-22-33(39)36-28-29-40-41(44(36)52)34-23-10-11-24-35(34)45-43(31-18-6-2-7-19-31)49-46(51(40)45)32-20-8-3-9-21-32/h1-29H. The Morgan fingerprint density at radius 3 is 1.63 bits per heavy atom. The first kappa shape index (κ1) is 28.7. The van der Waals surface area contributed by atoms with Crippen LogP contribution < -0.4 is 0 Å². The molecule has 0 saturated carbocycles. The van der Waals surface area contributed by atoms with Crippen LogP contribution in [-0.4, -0.2) is 23.9 Å². The molecular formula is C47H29N5. The van der Waals surface area contributed by atoms with Gasteiger partial charge in [0.25, 0.3) is 0 Å². The molecule has 4 aromatic heterocycles. The van der Waals surface area contributed by atoms with Crippen LogP contribution in [0.25, 0.3) is 99.8 Å². The van der Waals surface area contributed by atoms with Gasteiger partial charge in [-0.15, -0.1) is 0 Å². The summed E-state index contributed by atoms with van der Waals surface area (Å²) < 4.78 is 4.65. The van der Waals surface area contributed by atoms with Crippen LogP contribution in [0, 0.1) is 0 Å². The van der Waals surface area contributed by atoms with Crippen LogP contribution in [0.15, 0.2) is 176 Å². The highest BCUT2D eigenvalue weighted by Gasteiger charge is 2.25. The summed E-state index contributed by atoms with van der Waals surface area (Å²) in [5.74, 6) is 1.54. The topological polar surface area (TPSA) is 48.0 Å². The lowest BCUT2D eigenvalue weighted by Crippen LogP contribution is -2.04. The molecule has 0 aliphatic heterocycles. The van der Waals surface area contributed by atoms with E-state index in [1.165, 1.54) is 0 Å². The van der Waals surface area contributed by atoms with Crippen molar-refractivity contribution in [1.29, 1.82) is 0 Å². The zero-order valence-electron chi connectivity index (χ0n) is 28.0. The molecule has 242 valence electrons. The third-order valence-electron chi connectivity index (χ3n) is 10.3. The molecule has 0 saturated heterocycles. The maximum absolute atomic E-state index is 5.44. The number of hydrogen-bond donors (Lipinski definition) is 0. The van der Waals surface area contributed by atoms with Crippen molar-refractivity contribution < 1.29 is 0 Å². The van der Waals surface area contributed by atoms with E-state index in [1.807, 2.05) is 12.1 Å². The maximum atomic E-state index is 5.44. The van der Waals surface area contributed by atoms with E-state index < -0.39 is 0 Å². The molecule has 0 fully saturated rings. The van der Waals surface area contributed by atoms with E-state index in [2.05, 4.69) is 173 Å². The highest BCUT2D eigenvalue weighted by Crippen LogP contribution is 2.44. The molecule has 0 unspecified atom stereocenters. The SMILES string of the molecule is c1ccc(-c2nc(-n3c4ccccc4c4ccc5c(c6ccccc6c6c(-c7ccccc7)nc(-c7ccccc7)n56)c43)nc3ccccc23)cc1. The summed E-state index contributed by atoms with van der Waals surface area (Å²) in [5.41, 5.74) is 10.3. The average Bonchev–Trinajstić information content (AvgIpc) is 3.79. The number of para-hydroxylation sites is 2. The summed E-state index contributed by atoms with van der Waals surface area (Å²) >= 11 is 0. The monoisotopic (exact) mass is 663 g/mol. The van der Waals surface area contributed by atoms with Crippen molar-refractivity contribution in [2.45, 2.75) is 0 Å². The minimum Gasteiger partial charge on any atom is -0.291 e. The molecule has 7 aromatic carbocycles. The summed E-state index contributed by atoms with van der Waals surface area (Å²) in [6, 6.07) is 61.7. The largest absolute Gasteiger partial charge is 0.291 e. The first-order valence-corrected chi connectivity index (χ1v) is 17.6. The summed E-state index contributed by atoms with van der Waals surface area (Å²) in [6.07, 6.45) is 0. The van der Waals surface area contributed by atoms with Gasteiger partial charge in [-0.2, -0.15) is 0 Å². The Labute approximate surface area is 298 Å². The Morgan fingerprint density at radius 2 is 0.904 bits per heavy atom. The minimum atomic E-state index is 0.638. The number of fused-ring (bicyclic) bond motifs is 11. The second kappa shape index (κ2) is 11.2. The number of benzene rings is 7. The number of aromatic nitrogens is 5. The molecule has 0 spiro atoms. The third-order valence-corrected chi connectivity index (χ3v) is 10.3. The minimum absolute atomic E-state index is 0.638. The predicted octanol–water partition coefficient (Wildman–Crippen LogP) is 11.7. The van der Waals surface area contributed by atoms with Crippen LogP contribution >= 0.6 is 0 Å². The molecule has 5 nitrogen and oxygen atoms in total. The maximum Gasteiger partial charge on any atom is 0.235 e. The first-order chi connectivity index (χ1) is 25.8. The zero-order chi connectivity index (χ0) is 34.2. The van der Waals surface area contributed by atoms with Crippen molar-refractivity contribution in [1.82, 2.24) is 23.9 Å². The molecule has 0 bridgehead atoms.